The number of nitro groups is 1. The van der Waals surface area contributed by atoms with Gasteiger partial charge in [-0.1, -0.05) is 54.6 Å². The molecule has 0 aromatic heterocycles. The molecule has 8 nitrogen and oxygen atoms in total. The second-order valence-electron chi connectivity index (χ2n) is 6.96. The van der Waals surface area contributed by atoms with Crippen molar-refractivity contribution in [1.82, 2.24) is 0 Å². The van der Waals surface area contributed by atoms with Gasteiger partial charge in [0.15, 0.2) is 0 Å². The number of hydrogen-bond acceptors (Lipinski definition) is 6. The van der Waals surface area contributed by atoms with Crippen molar-refractivity contribution in [2.75, 3.05) is 11.9 Å². The number of nitrogens with one attached hydrogen (secondary N) is 1. The molecule has 0 fully saturated rings. The molecule has 0 aliphatic rings. The van der Waals surface area contributed by atoms with Crippen LogP contribution in [0.25, 0.3) is 0 Å². The number of esters is 1. The van der Waals surface area contributed by atoms with Crippen LogP contribution in [-0.4, -0.2) is 23.4 Å². The van der Waals surface area contributed by atoms with Gasteiger partial charge in [-0.05, 0) is 30.7 Å². The summed E-state index contributed by atoms with van der Waals surface area (Å²) in [6.45, 7) is 1.79. The zero-order valence-electron chi connectivity index (χ0n) is 17.4. The highest BCUT2D eigenvalue weighted by atomic mass is 16.6. The van der Waals surface area contributed by atoms with Crippen LogP contribution in [0.2, 0.25) is 0 Å². The van der Waals surface area contributed by atoms with Crippen molar-refractivity contribution >= 4 is 23.3 Å². The van der Waals surface area contributed by atoms with E-state index in [9.17, 15) is 19.7 Å². The maximum absolute atomic E-state index is 13.0. The average molecular weight is 434 g/mol. The van der Waals surface area contributed by atoms with Crippen LogP contribution in [0.4, 0.5) is 11.4 Å². The van der Waals surface area contributed by atoms with Crippen molar-refractivity contribution in [2.45, 2.75) is 19.4 Å². The van der Waals surface area contributed by atoms with Gasteiger partial charge in [-0.15, -0.1) is 0 Å². The van der Waals surface area contributed by atoms with Crippen molar-refractivity contribution < 1.29 is 24.0 Å². The van der Waals surface area contributed by atoms with Crippen molar-refractivity contribution in [3.8, 4) is 5.75 Å². The Hall–Kier alpha value is -4.20. The minimum Gasteiger partial charge on any atom is -0.493 e. The standard InChI is InChI=1S/C24H22N2O6/c1-17-12-13-20(21(16-17)26(29)30)25-24(28)23(18-8-4-2-5-9-18)32-22(27)14-15-31-19-10-6-3-7-11-19/h2-13,16,23H,14-15H2,1H3,(H,25,28). The number of benzene rings is 3. The molecule has 3 aromatic carbocycles. The van der Waals surface area contributed by atoms with Crippen molar-refractivity contribution in [3.63, 3.8) is 0 Å². The number of para-hydroxylation sites is 1. The summed E-state index contributed by atoms with van der Waals surface area (Å²) in [6, 6.07) is 21.9. The summed E-state index contributed by atoms with van der Waals surface area (Å²) in [7, 11) is 0. The number of anilines is 1. The van der Waals surface area contributed by atoms with Crippen LogP contribution in [0.5, 0.6) is 5.75 Å². The van der Waals surface area contributed by atoms with E-state index in [-0.39, 0.29) is 24.4 Å². The third kappa shape index (κ3) is 6.15. The molecule has 0 bridgehead atoms. The first kappa shape index (κ1) is 22.5. The third-order valence-electron chi connectivity index (χ3n) is 4.52. The highest BCUT2D eigenvalue weighted by Crippen LogP contribution is 2.28. The smallest absolute Gasteiger partial charge is 0.310 e. The first-order valence-corrected chi connectivity index (χ1v) is 9.92. The Morgan fingerprint density at radius 3 is 2.31 bits per heavy atom. The lowest BCUT2D eigenvalue weighted by Crippen LogP contribution is -2.26. The first-order chi connectivity index (χ1) is 15.4. The van der Waals surface area contributed by atoms with E-state index in [2.05, 4.69) is 5.32 Å². The molecule has 3 rings (SSSR count). The van der Waals surface area contributed by atoms with E-state index in [1.54, 1.807) is 55.5 Å². The number of nitrogens with zero attached hydrogens (tertiary/aromatic N) is 1. The molecule has 3 aromatic rings. The van der Waals surface area contributed by atoms with Crippen LogP contribution in [0.3, 0.4) is 0 Å². The van der Waals surface area contributed by atoms with Crippen LogP contribution < -0.4 is 10.1 Å². The van der Waals surface area contributed by atoms with Gasteiger partial charge in [-0.3, -0.25) is 19.7 Å². The Morgan fingerprint density at radius 1 is 1.00 bits per heavy atom. The van der Waals surface area contributed by atoms with E-state index in [1.807, 2.05) is 18.2 Å². The fraction of sp³-hybridized carbons (Fsp3) is 0.167. The van der Waals surface area contributed by atoms with Gasteiger partial charge in [-0.25, -0.2) is 0 Å². The van der Waals surface area contributed by atoms with E-state index in [0.29, 0.717) is 16.9 Å². The molecule has 0 spiro atoms. The highest BCUT2D eigenvalue weighted by Gasteiger charge is 2.27. The number of carbonyl (C=O) groups excluding carboxylic acids is 2. The molecule has 0 saturated carbocycles. The minimum atomic E-state index is -1.28. The summed E-state index contributed by atoms with van der Waals surface area (Å²) in [5, 5.41) is 13.9. The van der Waals surface area contributed by atoms with Crippen molar-refractivity contribution in [2.24, 2.45) is 0 Å². The quantitative estimate of drug-likeness (QED) is 0.300. The van der Waals surface area contributed by atoms with Crippen LogP contribution in [0.1, 0.15) is 23.7 Å². The molecule has 1 unspecified atom stereocenters. The predicted molar refractivity (Wildman–Crippen MR) is 118 cm³/mol. The maximum Gasteiger partial charge on any atom is 0.310 e. The van der Waals surface area contributed by atoms with Gasteiger partial charge in [0.05, 0.1) is 18.0 Å². The van der Waals surface area contributed by atoms with Gasteiger partial charge in [0.1, 0.15) is 11.4 Å². The van der Waals surface area contributed by atoms with E-state index in [0.717, 1.165) is 0 Å². The minimum absolute atomic E-state index is 0.0231. The van der Waals surface area contributed by atoms with Crippen LogP contribution in [0.15, 0.2) is 78.9 Å². The molecular formula is C24H22N2O6. The third-order valence-corrected chi connectivity index (χ3v) is 4.52. The van der Waals surface area contributed by atoms with E-state index < -0.39 is 22.9 Å². The van der Waals surface area contributed by atoms with Crippen LogP contribution >= 0.6 is 0 Å². The zero-order valence-corrected chi connectivity index (χ0v) is 17.4. The van der Waals surface area contributed by atoms with Gasteiger partial charge in [0.25, 0.3) is 11.6 Å². The monoisotopic (exact) mass is 434 g/mol. The molecule has 1 atom stereocenters. The number of aryl methyl sites for hydroxylation is 1. The molecule has 164 valence electrons. The van der Waals surface area contributed by atoms with Gasteiger partial charge in [0.2, 0.25) is 6.10 Å². The molecular weight excluding hydrogens is 412 g/mol. The number of rotatable bonds is 9. The van der Waals surface area contributed by atoms with Gasteiger partial charge < -0.3 is 14.8 Å². The number of nitro benzene ring substituents is 1. The summed E-state index contributed by atoms with van der Waals surface area (Å²) in [6.07, 6.45) is -1.35. The number of carbonyl (C=O) groups is 2. The van der Waals surface area contributed by atoms with Crippen LogP contribution in [-0.2, 0) is 14.3 Å². The Balaban J connectivity index is 1.71. The lowest BCUT2D eigenvalue weighted by atomic mass is 10.1. The lowest BCUT2D eigenvalue weighted by molar-refractivity contribution is -0.384. The topological polar surface area (TPSA) is 108 Å². The normalized spacial score (nSPS) is 11.3. The summed E-state index contributed by atoms with van der Waals surface area (Å²) in [4.78, 5) is 36.2. The maximum atomic E-state index is 13.0. The lowest BCUT2D eigenvalue weighted by Gasteiger charge is -2.18. The largest absolute Gasteiger partial charge is 0.493 e. The Labute approximate surface area is 184 Å². The molecule has 1 N–H and O–H groups in total. The van der Waals surface area contributed by atoms with Crippen LogP contribution in [0, 0.1) is 17.0 Å². The summed E-state index contributed by atoms with van der Waals surface area (Å²) >= 11 is 0. The summed E-state index contributed by atoms with van der Waals surface area (Å²) in [5.41, 5.74) is 0.902. The molecule has 0 aliphatic carbocycles. The van der Waals surface area contributed by atoms with E-state index >= 15 is 0 Å². The van der Waals surface area contributed by atoms with Crippen molar-refractivity contribution in [1.29, 1.82) is 0 Å². The zero-order chi connectivity index (χ0) is 22.9. The number of ether oxygens (including phenoxy) is 2. The average Bonchev–Trinajstić information content (AvgIpc) is 2.79. The summed E-state index contributed by atoms with van der Waals surface area (Å²) < 4.78 is 10.9. The second kappa shape index (κ2) is 10.7. The van der Waals surface area contributed by atoms with Gasteiger partial charge in [0, 0.05) is 11.6 Å². The molecule has 0 radical (unpaired) electrons. The van der Waals surface area contributed by atoms with Gasteiger partial charge >= 0.3 is 5.97 Å². The predicted octanol–water partition coefficient (Wildman–Crippen LogP) is 4.60. The second-order valence-corrected chi connectivity index (χ2v) is 6.96. The molecule has 8 heteroatoms. The first-order valence-electron chi connectivity index (χ1n) is 9.92. The molecule has 32 heavy (non-hydrogen) atoms. The SMILES string of the molecule is Cc1ccc(NC(=O)C(OC(=O)CCOc2ccccc2)c2ccccc2)c([N+](=O)[O-])c1. The highest BCUT2D eigenvalue weighted by molar-refractivity contribution is 5.97. The van der Waals surface area contributed by atoms with E-state index in [1.165, 1.54) is 12.1 Å². The molecule has 0 aliphatic heterocycles. The fourth-order valence-electron chi connectivity index (χ4n) is 2.96. The van der Waals surface area contributed by atoms with E-state index in [4.69, 9.17) is 9.47 Å². The Bertz CT molecular complexity index is 1090. The van der Waals surface area contributed by atoms with Crippen molar-refractivity contribution in [3.05, 3.63) is 100 Å². The Kier molecular flexibility index (Phi) is 7.53. The fourth-order valence-corrected chi connectivity index (χ4v) is 2.96. The molecule has 0 saturated heterocycles. The summed E-state index contributed by atoms with van der Waals surface area (Å²) in [5.74, 6) is -0.715. The molecule has 0 heterocycles. The van der Waals surface area contributed by atoms with Gasteiger partial charge in [-0.2, -0.15) is 0 Å². The number of hydrogen-bond donors (Lipinski definition) is 1. The number of amides is 1. The molecule has 1 amide bonds. The Morgan fingerprint density at radius 2 is 1.66 bits per heavy atom.